The number of fused-ring (bicyclic) bond motifs is 1. The van der Waals surface area contributed by atoms with Gasteiger partial charge in [-0.1, -0.05) is 0 Å². The standard InChI is InChI=1S/C16H20N4O2/c1-12-5-9-20-11-13(18-14(20)10-12)16(22)17-6-3-8-19-7-2-4-15(19)21/h5,9-11H,2-4,6-8H2,1H3,(H,17,22). The monoisotopic (exact) mass is 300 g/mol. The van der Waals surface area contributed by atoms with Gasteiger partial charge in [0, 0.05) is 38.4 Å². The number of rotatable bonds is 5. The molecule has 0 radical (unpaired) electrons. The molecule has 0 aliphatic carbocycles. The van der Waals surface area contributed by atoms with Crippen LogP contribution in [0.4, 0.5) is 0 Å². The van der Waals surface area contributed by atoms with Crippen molar-refractivity contribution >= 4 is 17.5 Å². The van der Waals surface area contributed by atoms with E-state index in [0.29, 0.717) is 25.2 Å². The van der Waals surface area contributed by atoms with Crippen LogP contribution < -0.4 is 5.32 Å². The van der Waals surface area contributed by atoms with Gasteiger partial charge in [0.25, 0.3) is 5.91 Å². The van der Waals surface area contributed by atoms with Crippen LogP contribution >= 0.6 is 0 Å². The molecule has 6 nitrogen and oxygen atoms in total. The number of nitrogens with one attached hydrogen (secondary N) is 1. The van der Waals surface area contributed by atoms with Gasteiger partial charge in [0.2, 0.25) is 5.91 Å². The summed E-state index contributed by atoms with van der Waals surface area (Å²) in [5.74, 6) is 0.0520. The number of likely N-dealkylation sites (tertiary alicyclic amines) is 1. The predicted octanol–water partition coefficient (Wildman–Crippen LogP) is 1.39. The molecule has 1 aliphatic heterocycles. The Morgan fingerprint density at radius 2 is 2.32 bits per heavy atom. The first-order valence-corrected chi connectivity index (χ1v) is 7.65. The smallest absolute Gasteiger partial charge is 0.271 e. The van der Waals surface area contributed by atoms with E-state index in [1.54, 1.807) is 6.20 Å². The van der Waals surface area contributed by atoms with Gasteiger partial charge in [-0.3, -0.25) is 9.59 Å². The molecule has 0 saturated carbocycles. The number of carbonyl (C=O) groups is 2. The van der Waals surface area contributed by atoms with Crippen LogP contribution in [-0.2, 0) is 4.79 Å². The van der Waals surface area contributed by atoms with E-state index in [1.165, 1.54) is 0 Å². The fourth-order valence-corrected chi connectivity index (χ4v) is 2.70. The van der Waals surface area contributed by atoms with Crippen molar-refractivity contribution in [2.45, 2.75) is 26.2 Å². The number of imidazole rings is 1. The third-order valence-corrected chi connectivity index (χ3v) is 3.91. The van der Waals surface area contributed by atoms with Gasteiger partial charge in [0.05, 0.1) is 0 Å². The topological polar surface area (TPSA) is 66.7 Å². The number of aromatic nitrogens is 2. The van der Waals surface area contributed by atoms with Gasteiger partial charge in [-0.15, -0.1) is 0 Å². The van der Waals surface area contributed by atoms with Gasteiger partial charge in [0.1, 0.15) is 11.3 Å². The summed E-state index contributed by atoms with van der Waals surface area (Å²) in [4.78, 5) is 29.8. The fourth-order valence-electron chi connectivity index (χ4n) is 2.70. The molecule has 3 rings (SSSR count). The maximum absolute atomic E-state index is 12.1. The highest BCUT2D eigenvalue weighted by molar-refractivity contribution is 5.92. The molecule has 1 aliphatic rings. The lowest BCUT2D eigenvalue weighted by Crippen LogP contribution is -2.30. The van der Waals surface area contributed by atoms with Crippen LogP contribution in [0.3, 0.4) is 0 Å². The van der Waals surface area contributed by atoms with Crippen LogP contribution in [0, 0.1) is 6.92 Å². The number of hydrogen-bond acceptors (Lipinski definition) is 3. The van der Waals surface area contributed by atoms with Crippen LogP contribution in [0.15, 0.2) is 24.5 Å². The van der Waals surface area contributed by atoms with Gasteiger partial charge in [-0.25, -0.2) is 4.98 Å². The molecule has 2 aromatic rings. The summed E-state index contributed by atoms with van der Waals surface area (Å²) < 4.78 is 1.84. The van der Waals surface area contributed by atoms with Gasteiger partial charge in [0.15, 0.2) is 0 Å². The predicted molar refractivity (Wildman–Crippen MR) is 82.7 cm³/mol. The van der Waals surface area contributed by atoms with E-state index >= 15 is 0 Å². The van der Waals surface area contributed by atoms with E-state index in [2.05, 4.69) is 10.3 Å². The highest BCUT2D eigenvalue weighted by Crippen LogP contribution is 2.10. The lowest BCUT2D eigenvalue weighted by Gasteiger charge is -2.14. The first kappa shape index (κ1) is 14.6. The largest absolute Gasteiger partial charge is 0.351 e. The van der Waals surface area contributed by atoms with Crippen molar-refractivity contribution in [1.29, 1.82) is 0 Å². The maximum atomic E-state index is 12.1. The second kappa shape index (κ2) is 6.17. The van der Waals surface area contributed by atoms with E-state index in [1.807, 2.05) is 34.6 Å². The SMILES string of the molecule is Cc1ccn2cc(C(=O)NCCCN3CCCC3=O)nc2c1. The summed E-state index contributed by atoms with van der Waals surface area (Å²) in [5, 5.41) is 2.86. The van der Waals surface area contributed by atoms with Crippen molar-refractivity contribution in [2.75, 3.05) is 19.6 Å². The Labute approximate surface area is 129 Å². The van der Waals surface area contributed by atoms with Gasteiger partial charge in [-0.2, -0.15) is 0 Å². The third-order valence-electron chi connectivity index (χ3n) is 3.91. The summed E-state index contributed by atoms with van der Waals surface area (Å²) >= 11 is 0. The minimum atomic E-state index is -0.172. The normalized spacial score (nSPS) is 14.8. The molecule has 1 saturated heterocycles. The summed E-state index contributed by atoms with van der Waals surface area (Å²) in [6.07, 6.45) is 6.00. The highest BCUT2D eigenvalue weighted by atomic mass is 16.2. The Morgan fingerprint density at radius 3 is 3.09 bits per heavy atom. The Kier molecular flexibility index (Phi) is 4.09. The highest BCUT2D eigenvalue weighted by Gasteiger charge is 2.19. The number of pyridine rings is 1. The molecule has 0 aromatic carbocycles. The summed E-state index contributed by atoms with van der Waals surface area (Å²) in [6, 6.07) is 3.92. The Bertz CT molecular complexity index is 707. The van der Waals surface area contributed by atoms with Gasteiger partial charge < -0.3 is 14.6 Å². The average molecular weight is 300 g/mol. The molecule has 2 amide bonds. The zero-order chi connectivity index (χ0) is 15.5. The van der Waals surface area contributed by atoms with Crippen molar-refractivity contribution in [2.24, 2.45) is 0 Å². The molecule has 1 N–H and O–H groups in total. The second-order valence-corrected chi connectivity index (χ2v) is 5.69. The molecule has 0 bridgehead atoms. The number of hydrogen-bond donors (Lipinski definition) is 1. The van der Waals surface area contributed by atoms with Gasteiger partial charge in [-0.05, 0) is 37.5 Å². The lowest BCUT2D eigenvalue weighted by atomic mass is 10.3. The molecule has 116 valence electrons. The van der Waals surface area contributed by atoms with Gasteiger partial charge >= 0.3 is 0 Å². The Morgan fingerprint density at radius 1 is 1.45 bits per heavy atom. The first-order valence-electron chi connectivity index (χ1n) is 7.65. The minimum absolute atomic E-state index is 0.172. The minimum Gasteiger partial charge on any atom is -0.351 e. The lowest BCUT2D eigenvalue weighted by molar-refractivity contribution is -0.127. The van der Waals surface area contributed by atoms with Crippen LogP contribution in [0.2, 0.25) is 0 Å². The van der Waals surface area contributed by atoms with Crippen LogP contribution in [0.1, 0.15) is 35.3 Å². The molecule has 0 spiro atoms. The summed E-state index contributed by atoms with van der Waals surface area (Å²) in [7, 11) is 0. The summed E-state index contributed by atoms with van der Waals surface area (Å²) in [6.45, 7) is 4.10. The van der Waals surface area contributed by atoms with Crippen molar-refractivity contribution in [3.05, 3.63) is 35.8 Å². The van der Waals surface area contributed by atoms with Crippen molar-refractivity contribution in [3.8, 4) is 0 Å². The zero-order valence-corrected chi connectivity index (χ0v) is 12.7. The quantitative estimate of drug-likeness (QED) is 0.848. The molecule has 2 aromatic heterocycles. The van der Waals surface area contributed by atoms with E-state index in [-0.39, 0.29) is 11.8 Å². The van der Waals surface area contributed by atoms with E-state index in [0.717, 1.165) is 30.6 Å². The third kappa shape index (κ3) is 3.10. The van der Waals surface area contributed by atoms with E-state index in [4.69, 9.17) is 0 Å². The van der Waals surface area contributed by atoms with E-state index < -0.39 is 0 Å². The Balaban J connectivity index is 1.51. The molecule has 1 fully saturated rings. The second-order valence-electron chi connectivity index (χ2n) is 5.69. The van der Waals surface area contributed by atoms with Crippen LogP contribution in [0.25, 0.3) is 5.65 Å². The zero-order valence-electron chi connectivity index (χ0n) is 12.7. The molecular weight excluding hydrogens is 280 g/mol. The van der Waals surface area contributed by atoms with Crippen LogP contribution in [-0.4, -0.2) is 45.7 Å². The Hall–Kier alpha value is -2.37. The number of aryl methyl sites for hydroxylation is 1. The molecule has 0 atom stereocenters. The molecule has 22 heavy (non-hydrogen) atoms. The van der Waals surface area contributed by atoms with Crippen molar-refractivity contribution in [1.82, 2.24) is 19.6 Å². The number of amides is 2. The number of carbonyl (C=O) groups excluding carboxylic acids is 2. The number of nitrogens with zero attached hydrogens (tertiary/aromatic N) is 3. The molecule has 3 heterocycles. The molecular formula is C16H20N4O2. The summed E-state index contributed by atoms with van der Waals surface area (Å²) in [5.41, 5.74) is 2.30. The van der Waals surface area contributed by atoms with Crippen LogP contribution in [0.5, 0.6) is 0 Å². The molecule has 0 unspecified atom stereocenters. The fraction of sp³-hybridized carbons (Fsp3) is 0.438. The molecule has 6 heteroatoms. The van der Waals surface area contributed by atoms with E-state index in [9.17, 15) is 9.59 Å². The average Bonchev–Trinajstić information content (AvgIpc) is 3.09. The first-order chi connectivity index (χ1) is 10.6. The van der Waals surface area contributed by atoms with Crippen molar-refractivity contribution in [3.63, 3.8) is 0 Å². The van der Waals surface area contributed by atoms with Crippen molar-refractivity contribution < 1.29 is 9.59 Å². The maximum Gasteiger partial charge on any atom is 0.271 e.